The molecule has 5 aromatic rings. The Balaban J connectivity index is 1.65. The summed E-state index contributed by atoms with van der Waals surface area (Å²) in [6.45, 7) is -2.00. The smallest absolute Gasteiger partial charge is 0.397 e. The van der Waals surface area contributed by atoms with Crippen LogP contribution in [0.4, 0.5) is 28.4 Å². The fourth-order valence-electron chi connectivity index (χ4n) is 5.68. The van der Waals surface area contributed by atoms with Crippen LogP contribution in [0.5, 0.6) is 5.75 Å². The number of phenols is 1. The van der Waals surface area contributed by atoms with Gasteiger partial charge in [-0.15, -0.1) is 29.1 Å². The third kappa shape index (κ3) is 13.6. The number of phenolic OH excluding ortho intramolecular Hbond substituents is 1. The third-order valence-corrected chi connectivity index (χ3v) is 15.8. The second kappa shape index (κ2) is 21.1. The summed E-state index contributed by atoms with van der Waals surface area (Å²) in [5.74, 6) is -2.99. The maximum absolute atomic E-state index is 12.8. The summed E-state index contributed by atoms with van der Waals surface area (Å²) < 4.78 is 201. The van der Waals surface area contributed by atoms with Gasteiger partial charge in [-0.05, 0) is 53.9 Å². The van der Waals surface area contributed by atoms with Crippen LogP contribution in [0.25, 0.3) is 21.5 Å². The molecule has 0 aliphatic heterocycles. The van der Waals surface area contributed by atoms with Crippen LogP contribution in [-0.2, 0) is 87.8 Å². The van der Waals surface area contributed by atoms with Crippen molar-refractivity contribution in [2.75, 3.05) is 30.5 Å². The fraction of sp³-hybridized carbons (Fsp3) is 0.133. The highest BCUT2D eigenvalue weighted by Crippen LogP contribution is 2.49. The topological polar surface area (TPSA) is 477 Å². The average molecular weight is 1110 g/mol. The second-order valence-corrected chi connectivity index (χ2v) is 23.3. The van der Waals surface area contributed by atoms with Gasteiger partial charge >= 0.3 is 20.8 Å². The number of benzene rings is 5. The van der Waals surface area contributed by atoms with Crippen LogP contribution < -0.4 is 5.73 Å². The number of anilines is 1. The molecular formula is C30H27N5O25S8. The Morgan fingerprint density at radius 2 is 1.03 bits per heavy atom. The standard InChI is InChI=1S/C30H27N5O25S8/c31-26-23(34-32-21-6-3-17(12-24(21)61-59-57-37)64(41,42)10-8-56-68(52,53)54)13-19-20(30(26)66(46,47)48)14-25(62-60-58-38)27(28(19)36)35-33-22-5-1-15-11-16(2-4-18(15)29(22)65(43,44)45)63(39,40)9-7-55-67(49,50)51/h1-6,11-14,36-38H,7-10,31H2,(H,43,44,45)(H,46,47,48)(H,49,50,51)(H,52,53,54). The lowest BCUT2D eigenvalue weighted by Crippen LogP contribution is -2.15. The van der Waals surface area contributed by atoms with Crippen LogP contribution in [0, 0.1) is 0 Å². The molecule has 0 unspecified atom stereocenters. The highest BCUT2D eigenvalue weighted by molar-refractivity contribution is 7.95. The van der Waals surface area contributed by atoms with Crippen LogP contribution in [0.3, 0.4) is 0 Å². The maximum Gasteiger partial charge on any atom is 0.397 e. The highest BCUT2D eigenvalue weighted by atomic mass is 32.3. The Morgan fingerprint density at radius 1 is 0.529 bits per heavy atom. The molecule has 0 aliphatic carbocycles. The van der Waals surface area contributed by atoms with E-state index in [4.69, 9.17) is 25.4 Å². The molecule has 0 saturated carbocycles. The van der Waals surface area contributed by atoms with Crippen molar-refractivity contribution in [3.63, 3.8) is 0 Å². The Morgan fingerprint density at radius 3 is 1.57 bits per heavy atom. The van der Waals surface area contributed by atoms with Gasteiger partial charge in [0.25, 0.3) is 20.2 Å². The van der Waals surface area contributed by atoms with Crippen LogP contribution in [0.15, 0.2) is 110 Å². The van der Waals surface area contributed by atoms with E-state index in [2.05, 4.69) is 47.6 Å². The monoisotopic (exact) mass is 1110 g/mol. The van der Waals surface area contributed by atoms with E-state index in [0.29, 0.717) is 0 Å². The molecule has 0 radical (unpaired) electrons. The SMILES string of the molecule is Nc1c(N=Nc2ccc(S(=O)(=O)CCOS(=O)(=O)O)cc2SOOO)cc2c(O)c(N=Nc3ccc4cc(S(=O)(=O)CCOS(=O)(=O)O)ccc4c3S(=O)(=O)O)c(SOOO)cc2c1S(=O)(=O)O. The van der Waals surface area contributed by atoms with Crippen molar-refractivity contribution < 1.29 is 111 Å². The van der Waals surface area contributed by atoms with Gasteiger partial charge in [-0.3, -0.25) is 18.2 Å². The first kappa shape index (κ1) is 54.3. The van der Waals surface area contributed by atoms with E-state index in [1.54, 1.807) is 0 Å². The van der Waals surface area contributed by atoms with Crippen LogP contribution in [0.2, 0.25) is 0 Å². The molecule has 0 atom stereocenters. The van der Waals surface area contributed by atoms with Crippen LogP contribution in [-0.4, -0.2) is 109 Å². The number of hydrogen-bond donors (Lipinski definition) is 8. The summed E-state index contributed by atoms with van der Waals surface area (Å²) in [5.41, 5.74) is 2.89. The summed E-state index contributed by atoms with van der Waals surface area (Å²) in [5, 5.41) is 50.0. The molecule has 68 heavy (non-hydrogen) atoms. The molecule has 0 aliphatic rings. The van der Waals surface area contributed by atoms with Gasteiger partial charge in [-0.1, -0.05) is 22.2 Å². The van der Waals surface area contributed by atoms with Crippen LogP contribution in [0.1, 0.15) is 0 Å². The van der Waals surface area contributed by atoms with E-state index >= 15 is 0 Å². The summed E-state index contributed by atoms with van der Waals surface area (Å²) >= 11 is 0.175. The average Bonchev–Trinajstić information content (AvgIpc) is 3.21. The van der Waals surface area contributed by atoms with Gasteiger partial charge in [0, 0.05) is 16.2 Å². The second-order valence-electron chi connectivity index (χ2n) is 12.7. The summed E-state index contributed by atoms with van der Waals surface area (Å²) in [7, 11) is -29.4. The molecule has 5 aromatic carbocycles. The lowest BCUT2D eigenvalue weighted by molar-refractivity contribution is -0.432. The number of hydrogen-bond acceptors (Lipinski definition) is 28. The molecule has 0 spiro atoms. The van der Waals surface area contributed by atoms with Gasteiger partial charge in [0.05, 0.1) is 74.1 Å². The fourth-order valence-corrected chi connectivity index (χ4v) is 11.4. The summed E-state index contributed by atoms with van der Waals surface area (Å²) in [6.07, 6.45) is 0. The number of azo groups is 2. The number of rotatable bonds is 22. The van der Waals surface area contributed by atoms with E-state index < -0.39 is 149 Å². The molecule has 0 amide bonds. The first-order valence-corrected chi connectivity index (χ1v) is 27.5. The molecule has 9 N–H and O–H groups in total. The number of aromatic hydroxyl groups is 1. The van der Waals surface area contributed by atoms with E-state index in [9.17, 15) is 64.7 Å². The van der Waals surface area contributed by atoms with Gasteiger partial charge < -0.3 is 10.8 Å². The summed E-state index contributed by atoms with van der Waals surface area (Å²) in [6, 6.07) is 9.31. The van der Waals surface area contributed by atoms with Crippen molar-refractivity contribution >= 4 is 135 Å². The molecule has 0 heterocycles. The Hall–Kier alpha value is -4.66. The zero-order valence-electron chi connectivity index (χ0n) is 32.7. The van der Waals surface area contributed by atoms with Crippen molar-refractivity contribution in [3.05, 3.63) is 60.7 Å². The molecule has 370 valence electrons. The van der Waals surface area contributed by atoms with E-state index in [1.807, 2.05) is 0 Å². The number of nitrogen functional groups attached to an aromatic ring is 1. The summed E-state index contributed by atoms with van der Waals surface area (Å²) in [4.78, 5) is -3.91. The Bertz CT molecular complexity index is 3560. The maximum atomic E-state index is 12.8. The van der Waals surface area contributed by atoms with E-state index in [-0.39, 0.29) is 45.4 Å². The van der Waals surface area contributed by atoms with Gasteiger partial charge in [-0.25, -0.2) is 35.7 Å². The Kier molecular flexibility index (Phi) is 16.9. The molecule has 0 fully saturated rings. The van der Waals surface area contributed by atoms with Gasteiger partial charge in [0.2, 0.25) is 0 Å². The van der Waals surface area contributed by atoms with Gasteiger partial charge in [0.15, 0.2) is 25.4 Å². The minimum absolute atomic E-state index is 0.0315. The minimum Gasteiger partial charge on any atom is -0.505 e. The van der Waals surface area contributed by atoms with Crippen molar-refractivity contribution in [1.29, 1.82) is 0 Å². The van der Waals surface area contributed by atoms with Crippen molar-refractivity contribution in [3.8, 4) is 5.75 Å². The third-order valence-electron chi connectivity index (χ3n) is 8.41. The molecule has 5 rings (SSSR count). The van der Waals surface area contributed by atoms with Crippen molar-refractivity contribution in [1.82, 2.24) is 0 Å². The predicted molar refractivity (Wildman–Crippen MR) is 229 cm³/mol. The predicted octanol–water partition coefficient (Wildman–Crippen LogP) is 4.65. The zero-order valence-corrected chi connectivity index (χ0v) is 39.2. The number of nitrogens with two attached hydrogens (primary N) is 1. The number of sulfone groups is 2. The normalized spacial score (nSPS) is 13.4. The minimum atomic E-state index is -5.41. The molecular weight excluding hydrogens is 1090 g/mol. The van der Waals surface area contributed by atoms with E-state index in [1.165, 1.54) is 0 Å². The largest absolute Gasteiger partial charge is 0.505 e. The van der Waals surface area contributed by atoms with Crippen molar-refractivity contribution in [2.24, 2.45) is 20.5 Å². The lowest BCUT2D eigenvalue weighted by atomic mass is 10.1. The van der Waals surface area contributed by atoms with Crippen LogP contribution >= 0.6 is 24.1 Å². The van der Waals surface area contributed by atoms with E-state index in [0.717, 1.165) is 60.7 Å². The van der Waals surface area contributed by atoms with Gasteiger partial charge in [0.1, 0.15) is 32.5 Å². The lowest BCUT2D eigenvalue weighted by Gasteiger charge is -2.14. The molecule has 0 bridgehead atoms. The Labute approximate surface area is 390 Å². The molecule has 30 nitrogen and oxygen atoms in total. The van der Waals surface area contributed by atoms with Crippen molar-refractivity contribution in [2.45, 2.75) is 29.4 Å². The molecule has 0 aromatic heterocycles. The first-order chi connectivity index (χ1) is 31.5. The number of nitrogens with zero attached hydrogens (tertiary/aromatic N) is 4. The quantitative estimate of drug-likeness (QED) is 0.0117. The zero-order chi connectivity index (χ0) is 50.6. The van der Waals surface area contributed by atoms with Gasteiger partial charge in [-0.2, -0.15) is 33.7 Å². The number of fused-ring (bicyclic) bond motifs is 2. The molecule has 38 heteroatoms. The highest BCUT2D eigenvalue weighted by Gasteiger charge is 2.28. The first-order valence-electron chi connectivity index (χ1n) is 17.1. The molecule has 0 saturated heterocycles.